The van der Waals surface area contributed by atoms with Crippen LogP contribution in [0.3, 0.4) is 0 Å². The molecule has 1 unspecified atom stereocenters. The van der Waals surface area contributed by atoms with E-state index in [9.17, 15) is 9.59 Å². The van der Waals surface area contributed by atoms with Gasteiger partial charge in [-0.15, -0.1) is 0 Å². The third kappa shape index (κ3) is 3.72. The number of hydrogen-bond donors (Lipinski definition) is 1. The normalized spacial score (nSPS) is 16.5. The second-order valence-electron chi connectivity index (χ2n) is 6.39. The van der Waals surface area contributed by atoms with Gasteiger partial charge in [-0.2, -0.15) is 5.10 Å². The minimum atomic E-state index is -0.622. The maximum atomic E-state index is 12.5. The molecule has 1 aromatic carbocycles. The molecule has 0 radical (unpaired) electrons. The maximum absolute atomic E-state index is 12.5. The van der Waals surface area contributed by atoms with Gasteiger partial charge in [0.05, 0.1) is 5.69 Å². The van der Waals surface area contributed by atoms with Crippen molar-refractivity contribution in [3.8, 4) is 11.3 Å². The number of carbonyl (C=O) groups is 1. The molecule has 126 valence electrons. The SMILES string of the molecule is CC(C(=O)NC1CCCCC1)n1nc(-c2ccccc2)ccc1=O. The summed E-state index contributed by atoms with van der Waals surface area (Å²) in [4.78, 5) is 24.7. The van der Waals surface area contributed by atoms with E-state index >= 15 is 0 Å². The average molecular weight is 325 g/mol. The topological polar surface area (TPSA) is 64.0 Å². The number of nitrogens with one attached hydrogen (secondary N) is 1. The summed E-state index contributed by atoms with van der Waals surface area (Å²) >= 11 is 0. The number of amides is 1. The van der Waals surface area contributed by atoms with Crippen LogP contribution in [0.2, 0.25) is 0 Å². The van der Waals surface area contributed by atoms with Crippen LogP contribution in [0.25, 0.3) is 11.3 Å². The lowest BCUT2D eigenvalue weighted by atomic mass is 9.95. The number of nitrogens with zero attached hydrogens (tertiary/aromatic N) is 2. The van der Waals surface area contributed by atoms with Crippen LogP contribution in [-0.4, -0.2) is 21.7 Å². The third-order valence-electron chi connectivity index (χ3n) is 4.59. The number of rotatable bonds is 4. The Hall–Kier alpha value is -2.43. The third-order valence-corrected chi connectivity index (χ3v) is 4.59. The molecule has 1 N–H and O–H groups in total. The molecular formula is C19H23N3O2. The highest BCUT2D eigenvalue weighted by molar-refractivity contribution is 5.80. The molecule has 0 spiro atoms. The minimum absolute atomic E-state index is 0.137. The van der Waals surface area contributed by atoms with Crippen LogP contribution < -0.4 is 10.9 Å². The van der Waals surface area contributed by atoms with Crippen LogP contribution in [0, 0.1) is 0 Å². The molecule has 1 atom stereocenters. The van der Waals surface area contributed by atoms with Crippen LogP contribution in [0.1, 0.15) is 45.1 Å². The summed E-state index contributed by atoms with van der Waals surface area (Å²) < 4.78 is 1.28. The van der Waals surface area contributed by atoms with E-state index in [0.29, 0.717) is 5.69 Å². The Labute approximate surface area is 141 Å². The lowest BCUT2D eigenvalue weighted by molar-refractivity contribution is -0.125. The average Bonchev–Trinajstić information content (AvgIpc) is 2.63. The van der Waals surface area contributed by atoms with E-state index in [0.717, 1.165) is 31.2 Å². The van der Waals surface area contributed by atoms with Crippen molar-refractivity contribution >= 4 is 5.91 Å². The van der Waals surface area contributed by atoms with Crippen molar-refractivity contribution in [3.05, 3.63) is 52.8 Å². The molecule has 1 amide bonds. The van der Waals surface area contributed by atoms with Crippen LogP contribution in [0.4, 0.5) is 0 Å². The predicted octanol–water partition coefficient (Wildman–Crippen LogP) is 2.92. The van der Waals surface area contributed by atoms with Crippen LogP contribution in [0.15, 0.2) is 47.3 Å². The molecule has 1 fully saturated rings. The number of hydrogen-bond acceptors (Lipinski definition) is 3. The zero-order valence-electron chi connectivity index (χ0n) is 13.9. The molecule has 1 aromatic heterocycles. The van der Waals surface area contributed by atoms with Crippen molar-refractivity contribution in [3.63, 3.8) is 0 Å². The first kappa shape index (κ1) is 16.4. The van der Waals surface area contributed by atoms with Crippen molar-refractivity contribution < 1.29 is 4.79 Å². The highest BCUT2D eigenvalue weighted by Gasteiger charge is 2.22. The first-order chi connectivity index (χ1) is 11.6. The highest BCUT2D eigenvalue weighted by Crippen LogP contribution is 2.19. The van der Waals surface area contributed by atoms with Gasteiger partial charge in [0.2, 0.25) is 5.91 Å². The van der Waals surface area contributed by atoms with Gasteiger partial charge < -0.3 is 5.32 Å². The summed E-state index contributed by atoms with van der Waals surface area (Å²) in [5, 5.41) is 7.46. The van der Waals surface area contributed by atoms with Gasteiger partial charge in [0.15, 0.2) is 0 Å². The van der Waals surface area contributed by atoms with E-state index in [1.54, 1.807) is 13.0 Å². The first-order valence-corrected chi connectivity index (χ1v) is 8.61. The van der Waals surface area contributed by atoms with Crippen molar-refractivity contribution in [1.82, 2.24) is 15.1 Å². The second kappa shape index (κ2) is 7.43. The van der Waals surface area contributed by atoms with Gasteiger partial charge in [-0.25, -0.2) is 4.68 Å². The van der Waals surface area contributed by atoms with Gasteiger partial charge in [-0.05, 0) is 25.8 Å². The molecule has 3 rings (SSSR count). The zero-order chi connectivity index (χ0) is 16.9. The van der Waals surface area contributed by atoms with Crippen molar-refractivity contribution in [2.24, 2.45) is 0 Å². The highest BCUT2D eigenvalue weighted by atomic mass is 16.2. The van der Waals surface area contributed by atoms with Gasteiger partial charge in [-0.3, -0.25) is 9.59 Å². The second-order valence-corrected chi connectivity index (χ2v) is 6.39. The fourth-order valence-corrected chi connectivity index (χ4v) is 3.15. The summed E-state index contributed by atoms with van der Waals surface area (Å²) in [5.74, 6) is -0.137. The summed E-state index contributed by atoms with van der Waals surface area (Å²) in [7, 11) is 0. The Balaban J connectivity index is 1.79. The Kier molecular flexibility index (Phi) is 5.08. The summed E-state index contributed by atoms with van der Waals surface area (Å²) in [6.45, 7) is 1.72. The van der Waals surface area contributed by atoms with Gasteiger partial charge in [-0.1, -0.05) is 49.6 Å². The Morgan fingerprint density at radius 2 is 1.83 bits per heavy atom. The van der Waals surface area contributed by atoms with Crippen LogP contribution in [0.5, 0.6) is 0 Å². The van der Waals surface area contributed by atoms with E-state index in [1.807, 2.05) is 30.3 Å². The Bertz CT molecular complexity index is 749. The largest absolute Gasteiger partial charge is 0.352 e. The van der Waals surface area contributed by atoms with Gasteiger partial charge in [0.1, 0.15) is 6.04 Å². The van der Waals surface area contributed by atoms with E-state index in [-0.39, 0.29) is 17.5 Å². The predicted molar refractivity (Wildman–Crippen MR) is 93.7 cm³/mol. The molecule has 1 heterocycles. The van der Waals surface area contributed by atoms with Gasteiger partial charge in [0.25, 0.3) is 5.56 Å². The molecule has 0 bridgehead atoms. The molecular weight excluding hydrogens is 302 g/mol. The Morgan fingerprint density at radius 3 is 2.54 bits per heavy atom. The van der Waals surface area contributed by atoms with Crippen molar-refractivity contribution in [2.45, 2.75) is 51.1 Å². The summed E-state index contributed by atoms with van der Waals surface area (Å²) in [6.07, 6.45) is 5.58. The molecule has 5 heteroatoms. The minimum Gasteiger partial charge on any atom is -0.352 e. The molecule has 5 nitrogen and oxygen atoms in total. The molecule has 0 saturated heterocycles. The molecule has 0 aliphatic heterocycles. The fourth-order valence-electron chi connectivity index (χ4n) is 3.15. The zero-order valence-corrected chi connectivity index (χ0v) is 13.9. The fraction of sp³-hybridized carbons (Fsp3) is 0.421. The van der Waals surface area contributed by atoms with Gasteiger partial charge >= 0.3 is 0 Å². The maximum Gasteiger partial charge on any atom is 0.267 e. The monoisotopic (exact) mass is 325 g/mol. The number of aromatic nitrogens is 2. The van der Waals surface area contributed by atoms with E-state index in [4.69, 9.17) is 0 Å². The Morgan fingerprint density at radius 1 is 1.12 bits per heavy atom. The van der Waals surface area contributed by atoms with Gasteiger partial charge in [0, 0.05) is 17.7 Å². The molecule has 24 heavy (non-hydrogen) atoms. The molecule has 1 saturated carbocycles. The smallest absolute Gasteiger partial charge is 0.267 e. The quantitative estimate of drug-likeness (QED) is 0.940. The lowest BCUT2D eigenvalue weighted by Crippen LogP contribution is -2.42. The van der Waals surface area contributed by atoms with E-state index in [2.05, 4.69) is 10.4 Å². The first-order valence-electron chi connectivity index (χ1n) is 8.61. The molecule has 1 aliphatic rings. The van der Waals surface area contributed by atoms with Crippen LogP contribution >= 0.6 is 0 Å². The molecule has 2 aromatic rings. The summed E-state index contributed by atoms with van der Waals surface area (Å²) in [5.41, 5.74) is 1.35. The standard InChI is InChI=1S/C19H23N3O2/c1-14(19(24)20-16-10-6-3-7-11-16)22-18(23)13-12-17(21-22)15-8-4-2-5-9-15/h2,4-5,8-9,12-14,16H,3,6-7,10-11H2,1H3,(H,20,24). The lowest BCUT2D eigenvalue weighted by Gasteiger charge is -2.24. The molecule has 1 aliphatic carbocycles. The van der Waals surface area contributed by atoms with Crippen LogP contribution in [-0.2, 0) is 4.79 Å². The number of carbonyl (C=O) groups excluding carboxylic acids is 1. The van der Waals surface area contributed by atoms with E-state index in [1.165, 1.54) is 17.2 Å². The summed E-state index contributed by atoms with van der Waals surface area (Å²) in [6, 6.07) is 12.4. The van der Waals surface area contributed by atoms with Crippen molar-refractivity contribution in [2.75, 3.05) is 0 Å². The van der Waals surface area contributed by atoms with E-state index < -0.39 is 6.04 Å². The van der Waals surface area contributed by atoms with Crippen molar-refractivity contribution in [1.29, 1.82) is 0 Å². The number of benzene rings is 1.